The number of hydrogen-bond donors (Lipinski definition) is 0. The van der Waals surface area contributed by atoms with E-state index in [2.05, 4.69) is 25.8 Å². The molecule has 0 aromatic carbocycles. The largest absolute Gasteiger partial charge is 0.468 e. The second-order valence-electron chi connectivity index (χ2n) is 3.11. The van der Waals surface area contributed by atoms with Gasteiger partial charge in [0.15, 0.2) is 0 Å². The summed E-state index contributed by atoms with van der Waals surface area (Å²) in [7, 11) is 1.27. The van der Waals surface area contributed by atoms with Crippen molar-refractivity contribution < 1.29 is 14.5 Å². The Morgan fingerprint density at radius 1 is 1.81 bits per heavy atom. The summed E-state index contributed by atoms with van der Waals surface area (Å²) in [5, 5.41) is 14.3. The molecule has 1 aromatic rings. The van der Waals surface area contributed by atoms with Gasteiger partial charge in [0.2, 0.25) is 0 Å². The minimum Gasteiger partial charge on any atom is -0.468 e. The lowest BCUT2D eigenvalue weighted by Crippen LogP contribution is -2.21. The van der Waals surface area contributed by atoms with Crippen LogP contribution in [0.2, 0.25) is 0 Å². The van der Waals surface area contributed by atoms with Crippen molar-refractivity contribution in [1.29, 1.82) is 0 Å². The number of alkyl halides is 1. The third-order valence-corrected chi connectivity index (χ3v) is 2.56. The molecular weight excluding hydrogens is 282 g/mol. The summed E-state index contributed by atoms with van der Waals surface area (Å²) in [6, 6.07) is 0. The predicted molar refractivity (Wildman–Crippen MR) is 58.3 cm³/mol. The van der Waals surface area contributed by atoms with Gasteiger partial charge in [0.25, 0.3) is 0 Å². The van der Waals surface area contributed by atoms with Gasteiger partial charge in [-0.3, -0.25) is 4.79 Å². The molecule has 0 saturated heterocycles. The molecule has 0 aliphatic heterocycles. The first-order valence-corrected chi connectivity index (χ1v) is 5.27. The maximum absolute atomic E-state index is 11.1. The number of aromatic nitrogens is 2. The highest BCUT2D eigenvalue weighted by atomic mass is 79.9. The van der Waals surface area contributed by atoms with Crippen LogP contribution >= 0.6 is 15.9 Å². The Bertz CT molecular complexity index is 417. The van der Waals surface area contributed by atoms with E-state index in [1.54, 1.807) is 6.92 Å². The molecule has 1 heterocycles. The van der Waals surface area contributed by atoms with Gasteiger partial charge >= 0.3 is 11.8 Å². The molecule has 16 heavy (non-hydrogen) atoms. The Morgan fingerprint density at radius 2 is 2.44 bits per heavy atom. The lowest BCUT2D eigenvalue weighted by atomic mass is 10.4. The summed E-state index contributed by atoms with van der Waals surface area (Å²) in [6.45, 7) is 1.77. The first-order chi connectivity index (χ1) is 7.45. The van der Waals surface area contributed by atoms with Crippen LogP contribution in [0.4, 0.5) is 5.82 Å². The van der Waals surface area contributed by atoms with E-state index in [9.17, 15) is 14.9 Å². The van der Waals surface area contributed by atoms with Gasteiger partial charge in [0.1, 0.15) is 4.83 Å². The number of rotatable bonds is 4. The zero-order valence-electron chi connectivity index (χ0n) is 8.71. The maximum atomic E-state index is 11.1. The zero-order chi connectivity index (χ0) is 12.3. The molecule has 0 bridgehead atoms. The van der Waals surface area contributed by atoms with E-state index in [0.29, 0.717) is 5.56 Å². The smallest absolute Gasteiger partial charge is 0.392 e. The van der Waals surface area contributed by atoms with Crippen molar-refractivity contribution in [1.82, 2.24) is 9.78 Å². The molecule has 0 saturated carbocycles. The summed E-state index contributed by atoms with van der Waals surface area (Å²) in [4.78, 5) is 20.5. The molecule has 0 amide bonds. The summed E-state index contributed by atoms with van der Waals surface area (Å²) < 4.78 is 5.85. The zero-order valence-corrected chi connectivity index (χ0v) is 10.3. The average molecular weight is 292 g/mol. The van der Waals surface area contributed by atoms with Gasteiger partial charge in [-0.15, -0.1) is 0 Å². The lowest BCUT2D eigenvalue weighted by molar-refractivity contribution is -0.390. The fourth-order valence-corrected chi connectivity index (χ4v) is 1.63. The normalized spacial score (nSPS) is 12.2. The van der Waals surface area contributed by atoms with Crippen LogP contribution in [0.5, 0.6) is 0 Å². The Balaban J connectivity index is 2.79. The number of aryl methyl sites for hydroxylation is 1. The van der Waals surface area contributed by atoms with Crippen LogP contribution in [0.3, 0.4) is 0 Å². The lowest BCUT2D eigenvalue weighted by Gasteiger charge is -2.04. The number of carbonyl (C=O) groups excluding carboxylic acids is 1. The molecule has 8 heteroatoms. The molecule has 88 valence electrons. The first kappa shape index (κ1) is 12.6. The molecule has 0 aliphatic rings. The van der Waals surface area contributed by atoms with Crippen LogP contribution in [0, 0.1) is 17.0 Å². The number of halogens is 1. The van der Waals surface area contributed by atoms with Crippen molar-refractivity contribution in [3.63, 3.8) is 0 Å². The number of ether oxygens (including phenoxy) is 1. The molecule has 0 aliphatic carbocycles. The third-order valence-electron chi connectivity index (χ3n) is 1.90. The molecule has 1 aromatic heterocycles. The fourth-order valence-electron chi connectivity index (χ4n) is 1.15. The van der Waals surface area contributed by atoms with Gasteiger partial charge in [-0.1, -0.05) is 15.9 Å². The van der Waals surface area contributed by atoms with Crippen LogP contribution < -0.4 is 0 Å². The van der Waals surface area contributed by atoms with Crippen molar-refractivity contribution in [3.8, 4) is 0 Å². The van der Waals surface area contributed by atoms with E-state index in [0.717, 1.165) is 0 Å². The Hall–Kier alpha value is -1.44. The van der Waals surface area contributed by atoms with Gasteiger partial charge in [0, 0.05) is 0 Å². The van der Waals surface area contributed by atoms with Crippen molar-refractivity contribution in [2.24, 2.45) is 0 Å². The molecule has 1 atom stereocenters. The van der Waals surface area contributed by atoms with Gasteiger partial charge in [-0.2, -0.15) is 4.68 Å². The van der Waals surface area contributed by atoms with Crippen LogP contribution in [-0.4, -0.2) is 32.6 Å². The number of hydrogen-bond acceptors (Lipinski definition) is 5. The van der Waals surface area contributed by atoms with Crippen LogP contribution in [0.1, 0.15) is 5.56 Å². The second kappa shape index (κ2) is 5.06. The minimum absolute atomic E-state index is 0.182. The van der Waals surface area contributed by atoms with E-state index in [1.165, 1.54) is 18.0 Å². The molecule has 0 fully saturated rings. The predicted octanol–water partition coefficient (Wildman–Crippen LogP) is 1.04. The molecule has 1 rings (SSSR count). The van der Waals surface area contributed by atoms with Crippen LogP contribution in [-0.2, 0) is 16.1 Å². The molecule has 0 N–H and O–H groups in total. The maximum Gasteiger partial charge on any atom is 0.392 e. The van der Waals surface area contributed by atoms with E-state index in [4.69, 9.17) is 0 Å². The molecule has 0 radical (unpaired) electrons. The Morgan fingerprint density at radius 3 is 2.88 bits per heavy atom. The summed E-state index contributed by atoms with van der Waals surface area (Å²) in [6.07, 6.45) is 1.51. The van der Waals surface area contributed by atoms with Gasteiger partial charge in [0.05, 0.1) is 30.5 Å². The molecule has 0 spiro atoms. The van der Waals surface area contributed by atoms with Gasteiger partial charge in [-0.05, 0) is 11.8 Å². The van der Waals surface area contributed by atoms with Crippen molar-refractivity contribution in [2.75, 3.05) is 7.11 Å². The van der Waals surface area contributed by atoms with Gasteiger partial charge < -0.3 is 14.9 Å². The quantitative estimate of drug-likeness (QED) is 0.358. The highest BCUT2D eigenvalue weighted by molar-refractivity contribution is 9.10. The average Bonchev–Trinajstić information content (AvgIpc) is 2.58. The number of esters is 1. The second-order valence-corrected chi connectivity index (χ2v) is 4.21. The number of nitrogens with zero attached hydrogens (tertiary/aromatic N) is 3. The SMILES string of the molecule is COC(=O)C(Br)Cn1cc(C)c([N+](=O)[O-])n1. The topological polar surface area (TPSA) is 87.3 Å². The number of nitro groups is 1. The highest BCUT2D eigenvalue weighted by Crippen LogP contribution is 2.15. The van der Waals surface area contributed by atoms with Crippen molar-refractivity contribution in [2.45, 2.75) is 18.3 Å². The Labute approximate surface area is 99.7 Å². The third kappa shape index (κ3) is 2.78. The summed E-state index contributed by atoms with van der Waals surface area (Å²) in [5.74, 6) is -0.652. The van der Waals surface area contributed by atoms with Crippen LogP contribution in [0.25, 0.3) is 0 Å². The molecule has 7 nitrogen and oxygen atoms in total. The highest BCUT2D eigenvalue weighted by Gasteiger charge is 2.22. The minimum atomic E-state index is -0.573. The fraction of sp³-hybridized carbons (Fsp3) is 0.500. The van der Waals surface area contributed by atoms with Crippen molar-refractivity contribution in [3.05, 3.63) is 21.9 Å². The van der Waals surface area contributed by atoms with Crippen LogP contribution in [0.15, 0.2) is 6.20 Å². The molecule has 1 unspecified atom stereocenters. The monoisotopic (exact) mass is 291 g/mol. The standard InChI is InChI=1S/C8H10BrN3O4/c1-5-3-11(10-7(5)12(14)15)4-6(9)8(13)16-2/h3,6H,4H2,1-2H3. The van der Waals surface area contributed by atoms with E-state index < -0.39 is 15.7 Å². The molecular formula is C8H10BrN3O4. The van der Waals surface area contributed by atoms with Crippen molar-refractivity contribution >= 4 is 27.7 Å². The summed E-state index contributed by atoms with van der Waals surface area (Å²) in [5.41, 5.74) is 0.453. The number of carbonyl (C=O) groups is 1. The Kier molecular flexibility index (Phi) is 3.99. The number of methoxy groups -OCH3 is 1. The first-order valence-electron chi connectivity index (χ1n) is 4.36. The van der Waals surface area contributed by atoms with E-state index in [1.807, 2.05) is 0 Å². The van der Waals surface area contributed by atoms with Gasteiger partial charge in [-0.25, -0.2) is 0 Å². The van der Waals surface area contributed by atoms with E-state index >= 15 is 0 Å². The van der Waals surface area contributed by atoms with E-state index in [-0.39, 0.29) is 12.4 Å². The summed E-state index contributed by atoms with van der Waals surface area (Å²) >= 11 is 3.11.